The van der Waals surface area contributed by atoms with E-state index in [0.717, 1.165) is 11.1 Å². The Morgan fingerprint density at radius 3 is 2.38 bits per heavy atom. The average Bonchev–Trinajstić information content (AvgIpc) is 2.51. The lowest BCUT2D eigenvalue weighted by atomic mass is 9.78. The third-order valence-corrected chi connectivity index (χ3v) is 3.84. The number of carbonyl (C=O) groups excluding carboxylic acids is 3. The van der Waals surface area contributed by atoms with Crippen LogP contribution < -0.4 is 0 Å². The van der Waals surface area contributed by atoms with Gasteiger partial charge in [0.2, 0.25) is 0 Å². The summed E-state index contributed by atoms with van der Waals surface area (Å²) in [5.74, 6) is -2.21. The van der Waals surface area contributed by atoms with Gasteiger partial charge in [0.25, 0.3) is 0 Å². The molecule has 1 aliphatic carbocycles. The molecule has 0 heterocycles. The van der Waals surface area contributed by atoms with E-state index in [1.807, 2.05) is 24.3 Å². The summed E-state index contributed by atoms with van der Waals surface area (Å²) in [6.45, 7) is 0. The Kier molecular flexibility index (Phi) is 4.73. The van der Waals surface area contributed by atoms with Gasteiger partial charge in [-0.05, 0) is 24.3 Å². The molecule has 0 fully saturated rings. The van der Waals surface area contributed by atoms with E-state index in [1.165, 1.54) is 14.2 Å². The molecule has 1 unspecified atom stereocenters. The van der Waals surface area contributed by atoms with Crippen molar-refractivity contribution in [3.05, 3.63) is 35.4 Å². The molecule has 0 saturated carbocycles. The molecule has 5 heteroatoms. The number of ketones is 1. The maximum atomic E-state index is 12.1. The standard InChI is InChI=1S/C16H18O5/c1-20-15(18)13(16(19)21-2)8-10-7-11-5-3-4-6-12(11)14(17)9-10/h3-6,10,13H,7-9H2,1-2H3. The third kappa shape index (κ3) is 3.29. The minimum absolute atomic E-state index is 0.0512. The van der Waals surface area contributed by atoms with Crippen LogP contribution in [0.1, 0.15) is 28.8 Å². The monoisotopic (exact) mass is 290 g/mol. The van der Waals surface area contributed by atoms with Gasteiger partial charge in [-0.2, -0.15) is 0 Å². The van der Waals surface area contributed by atoms with Crippen molar-refractivity contribution in [3.63, 3.8) is 0 Å². The molecule has 0 bridgehead atoms. The summed E-state index contributed by atoms with van der Waals surface area (Å²) in [5, 5.41) is 0. The predicted molar refractivity (Wildman–Crippen MR) is 74.7 cm³/mol. The Labute approximate surface area is 123 Å². The van der Waals surface area contributed by atoms with Crippen LogP contribution in [0.25, 0.3) is 0 Å². The van der Waals surface area contributed by atoms with E-state index < -0.39 is 17.9 Å². The molecular formula is C16H18O5. The highest BCUT2D eigenvalue weighted by atomic mass is 16.5. The first-order valence-electron chi connectivity index (χ1n) is 6.83. The quantitative estimate of drug-likeness (QED) is 0.624. The van der Waals surface area contributed by atoms with Crippen molar-refractivity contribution in [2.24, 2.45) is 11.8 Å². The molecule has 1 atom stereocenters. The fraction of sp³-hybridized carbons (Fsp3) is 0.438. The van der Waals surface area contributed by atoms with E-state index in [2.05, 4.69) is 9.47 Å². The summed E-state index contributed by atoms with van der Waals surface area (Å²) < 4.78 is 9.30. The van der Waals surface area contributed by atoms with Crippen molar-refractivity contribution in [1.29, 1.82) is 0 Å². The molecule has 2 rings (SSSR count). The Hall–Kier alpha value is -2.17. The molecule has 0 N–H and O–H groups in total. The van der Waals surface area contributed by atoms with E-state index in [0.29, 0.717) is 12.8 Å². The van der Waals surface area contributed by atoms with Gasteiger partial charge in [-0.3, -0.25) is 14.4 Å². The number of methoxy groups -OCH3 is 2. The first-order valence-corrected chi connectivity index (χ1v) is 6.83. The molecule has 1 aromatic rings. The number of carbonyl (C=O) groups is 3. The number of hydrogen-bond acceptors (Lipinski definition) is 5. The van der Waals surface area contributed by atoms with Gasteiger partial charge in [-0.25, -0.2) is 0 Å². The lowest BCUT2D eigenvalue weighted by molar-refractivity contribution is -0.159. The van der Waals surface area contributed by atoms with Crippen molar-refractivity contribution in [3.8, 4) is 0 Å². The van der Waals surface area contributed by atoms with Gasteiger partial charge in [-0.1, -0.05) is 24.3 Å². The molecule has 0 aromatic heterocycles. The molecule has 0 spiro atoms. The zero-order chi connectivity index (χ0) is 15.4. The van der Waals surface area contributed by atoms with Crippen molar-refractivity contribution in [2.75, 3.05) is 14.2 Å². The summed E-state index contributed by atoms with van der Waals surface area (Å²) in [6.07, 6.45) is 1.27. The number of hydrogen-bond donors (Lipinski definition) is 0. The van der Waals surface area contributed by atoms with E-state index in [1.54, 1.807) is 0 Å². The van der Waals surface area contributed by atoms with Crippen molar-refractivity contribution < 1.29 is 23.9 Å². The molecular weight excluding hydrogens is 272 g/mol. The minimum atomic E-state index is -0.969. The number of benzene rings is 1. The third-order valence-electron chi connectivity index (χ3n) is 3.84. The Morgan fingerprint density at radius 2 is 1.76 bits per heavy atom. The zero-order valence-corrected chi connectivity index (χ0v) is 12.1. The van der Waals surface area contributed by atoms with Gasteiger partial charge in [0.1, 0.15) is 0 Å². The molecule has 5 nitrogen and oxygen atoms in total. The number of ether oxygens (including phenoxy) is 2. The zero-order valence-electron chi connectivity index (χ0n) is 12.1. The average molecular weight is 290 g/mol. The van der Waals surface area contributed by atoms with Crippen LogP contribution >= 0.6 is 0 Å². The lowest BCUT2D eigenvalue weighted by Gasteiger charge is -2.25. The van der Waals surface area contributed by atoms with Crippen LogP contribution in [0.3, 0.4) is 0 Å². The summed E-state index contributed by atoms with van der Waals surface area (Å²) >= 11 is 0. The molecule has 112 valence electrons. The molecule has 0 radical (unpaired) electrons. The summed E-state index contributed by atoms with van der Waals surface area (Å²) in [5.41, 5.74) is 1.70. The van der Waals surface area contributed by atoms with E-state index in [4.69, 9.17) is 0 Å². The van der Waals surface area contributed by atoms with Gasteiger partial charge in [0.15, 0.2) is 11.7 Å². The Morgan fingerprint density at radius 1 is 1.14 bits per heavy atom. The second-order valence-corrected chi connectivity index (χ2v) is 5.19. The maximum absolute atomic E-state index is 12.1. The number of rotatable bonds is 4. The maximum Gasteiger partial charge on any atom is 0.320 e. The van der Waals surface area contributed by atoms with E-state index in [9.17, 15) is 14.4 Å². The molecule has 21 heavy (non-hydrogen) atoms. The highest BCUT2D eigenvalue weighted by molar-refractivity contribution is 5.99. The predicted octanol–water partition coefficient (Wildman–Crippen LogP) is 1.78. The second kappa shape index (κ2) is 6.52. The van der Waals surface area contributed by atoms with Gasteiger partial charge >= 0.3 is 11.9 Å². The summed E-state index contributed by atoms with van der Waals surface area (Å²) in [6, 6.07) is 7.44. The van der Waals surface area contributed by atoms with Crippen LogP contribution in [-0.4, -0.2) is 31.9 Å². The van der Waals surface area contributed by atoms with Gasteiger partial charge in [0.05, 0.1) is 14.2 Å². The lowest BCUT2D eigenvalue weighted by Crippen LogP contribution is -2.31. The highest BCUT2D eigenvalue weighted by Gasteiger charge is 2.34. The van der Waals surface area contributed by atoms with Crippen LogP contribution in [0.5, 0.6) is 0 Å². The normalized spacial score (nSPS) is 17.3. The highest BCUT2D eigenvalue weighted by Crippen LogP contribution is 2.30. The number of fused-ring (bicyclic) bond motifs is 1. The van der Waals surface area contributed by atoms with E-state index >= 15 is 0 Å². The van der Waals surface area contributed by atoms with Gasteiger partial charge < -0.3 is 9.47 Å². The molecule has 0 aliphatic heterocycles. The van der Waals surface area contributed by atoms with Crippen LogP contribution in [0, 0.1) is 11.8 Å². The SMILES string of the molecule is COC(=O)C(CC1CC(=O)c2ccccc2C1)C(=O)OC. The van der Waals surface area contributed by atoms with Gasteiger partial charge in [-0.15, -0.1) is 0 Å². The topological polar surface area (TPSA) is 69.7 Å². The second-order valence-electron chi connectivity index (χ2n) is 5.19. The van der Waals surface area contributed by atoms with E-state index in [-0.39, 0.29) is 18.1 Å². The summed E-state index contributed by atoms with van der Waals surface area (Å²) in [7, 11) is 2.47. The molecule has 1 aromatic carbocycles. The number of esters is 2. The fourth-order valence-corrected chi connectivity index (χ4v) is 2.80. The largest absolute Gasteiger partial charge is 0.468 e. The smallest absolute Gasteiger partial charge is 0.320 e. The van der Waals surface area contributed by atoms with Crippen LogP contribution in [0.15, 0.2) is 24.3 Å². The Balaban J connectivity index is 2.14. The fourth-order valence-electron chi connectivity index (χ4n) is 2.80. The molecule has 0 amide bonds. The molecule has 0 saturated heterocycles. The van der Waals surface area contributed by atoms with Crippen molar-refractivity contribution >= 4 is 17.7 Å². The first-order chi connectivity index (χ1) is 10.1. The Bertz CT molecular complexity index is 548. The first kappa shape index (κ1) is 15.2. The minimum Gasteiger partial charge on any atom is -0.468 e. The van der Waals surface area contributed by atoms with Crippen LogP contribution in [0.4, 0.5) is 0 Å². The summed E-state index contributed by atoms with van der Waals surface area (Å²) in [4.78, 5) is 35.5. The number of Topliss-reactive ketones (excluding diaryl/α,β-unsaturated/α-hetero) is 1. The van der Waals surface area contributed by atoms with Crippen molar-refractivity contribution in [1.82, 2.24) is 0 Å². The van der Waals surface area contributed by atoms with Gasteiger partial charge in [0, 0.05) is 12.0 Å². The van der Waals surface area contributed by atoms with Crippen LogP contribution in [-0.2, 0) is 25.5 Å². The molecule has 1 aliphatic rings. The van der Waals surface area contributed by atoms with Crippen LogP contribution in [0.2, 0.25) is 0 Å². The van der Waals surface area contributed by atoms with Crippen molar-refractivity contribution in [2.45, 2.75) is 19.3 Å².